The molecule has 0 saturated carbocycles. The predicted octanol–water partition coefficient (Wildman–Crippen LogP) is 5.47. The van der Waals surface area contributed by atoms with E-state index in [-0.39, 0.29) is 23.1 Å². The molecule has 1 aromatic heterocycles. The van der Waals surface area contributed by atoms with Gasteiger partial charge in [0.1, 0.15) is 17.5 Å². The molecular weight excluding hydrogens is 479 g/mol. The van der Waals surface area contributed by atoms with Gasteiger partial charge in [-0.2, -0.15) is 0 Å². The molecule has 0 spiro atoms. The molecule has 1 saturated heterocycles. The van der Waals surface area contributed by atoms with Crippen LogP contribution in [-0.2, 0) is 0 Å². The summed E-state index contributed by atoms with van der Waals surface area (Å²) in [6.07, 6.45) is 0. The summed E-state index contributed by atoms with van der Waals surface area (Å²) in [6.45, 7) is 2.94. The second kappa shape index (κ2) is 9.97. The first-order chi connectivity index (χ1) is 17.8. The zero-order valence-corrected chi connectivity index (χ0v) is 20.1. The second-order valence-electron chi connectivity index (χ2n) is 8.92. The van der Waals surface area contributed by atoms with Gasteiger partial charge in [-0.25, -0.2) is 13.2 Å². The van der Waals surface area contributed by atoms with Crippen molar-refractivity contribution in [3.8, 4) is 16.9 Å². The van der Waals surface area contributed by atoms with E-state index < -0.39 is 17.5 Å². The molecule has 3 aromatic carbocycles. The fourth-order valence-electron chi connectivity index (χ4n) is 4.70. The monoisotopic (exact) mass is 503 g/mol. The highest BCUT2D eigenvalue weighted by Crippen LogP contribution is 2.31. The van der Waals surface area contributed by atoms with Crippen LogP contribution in [0, 0.1) is 24.4 Å². The molecule has 0 aliphatic carbocycles. The Balaban J connectivity index is 1.43. The van der Waals surface area contributed by atoms with Gasteiger partial charge in [0.25, 0.3) is 11.8 Å². The first kappa shape index (κ1) is 24.4. The summed E-state index contributed by atoms with van der Waals surface area (Å²) in [5.74, 6) is -2.43. The SMILES string of the molecule is Cc1c(C(=O)N2CCN(C(=O)c3cccc(F)c3)CC2)cc(-c2ccccc2)n1-c1ccc(F)cc1F. The standard InChI is InChI=1S/C29H24F3N3O2/c1-19-24(29(37)34-14-12-33(13-15-34)28(36)21-8-5-9-22(30)16-21)18-27(20-6-3-2-4-7-20)35(19)26-11-10-23(31)17-25(26)32/h2-11,16-18H,12-15H2,1H3. The van der Waals surface area contributed by atoms with E-state index in [1.807, 2.05) is 30.3 Å². The van der Waals surface area contributed by atoms with Crippen molar-refractivity contribution in [2.75, 3.05) is 26.2 Å². The van der Waals surface area contributed by atoms with Crippen LogP contribution < -0.4 is 0 Å². The number of nitrogens with zero attached hydrogens (tertiary/aromatic N) is 3. The third-order valence-electron chi connectivity index (χ3n) is 6.62. The van der Waals surface area contributed by atoms with Crippen LogP contribution in [0.2, 0.25) is 0 Å². The zero-order chi connectivity index (χ0) is 26.1. The summed E-state index contributed by atoms with van der Waals surface area (Å²) in [4.78, 5) is 29.6. The van der Waals surface area contributed by atoms with Crippen molar-refractivity contribution in [1.29, 1.82) is 0 Å². The number of carbonyl (C=O) groups is 2. The Labute approximate surface area is 212 Å². The molecule has 5 rings (SSSR count). The molecule has 8 heteroatoms. The van der Waals surface area contributed by atoms with Gasteiger partial charge in [0.05, 0.1) is 16.9 Å². The Morgan fingerprint density at radius 1 is 0.703 bits per heavy atom. The average Bonchev–Trinajstić information content (AvgIpc) is 3.25. The predicted molar refractivity (Wildman–Crippen MR) is 134 cm³/mol. The molecule has 5 nitrogen and oxygen atoms in total. The number of aromatic nitrogens is 1. The van der Waals surface area contributed by atoms with E-state index in [2.05, 4.69) is 0 Å². The molecule has 1 aliphatic rings. The maximum absolute atomic E-state index is 14.8. The van der Waals surface area contributed by atoms with E-state index in [1.165, 1.54) is 30.3 Å². The molecule has 1 aliphatic heterocycles. The van der Waals surface area contributed by atoms with Gasteiger partial charge in [-0.15, -0.1) is 0 Å². The molecule has 2 heterocycles. The zero-order valence-electron chi connectivity index (χ0n) is 20.1. The van der Waals surface area contributed by atoms with E-state index in [0.717, 1.165) is 11.6 Å². The van der Waals surface area contributed by atoms with Crippen molar-refractivity contribution in [3.05, 3.63) is 113 Å². The highest BCUT2D eigenvalue weighted by Gasteiger charge is 2.29. The van der Waals surface area contributed by atoms with Crippen molar-refractivity contribution in [1.82, 2.24) is 14.4 Å². The lowest BCUT2D eigenvalue weighted by Gasteiger charge is -2.34. The average molecular weight is 504 g/mol. The molecule has 37 heavy (non-hydrogen) atoms. The van der Waals surface area contributed by atoms with E-state index in [1.54, 1.807) is 33.4 Å². The number of carbonyl (C=O) groups excluding carboxylic acids is 2. The Hall–Kier alpha value is -4.33. The molecule has 2 amide bonds. The summed E-state index contributed by atoms with van der Waals surface area (Å²) < 4.78 is 43.6. The lowest BCUT2D eigenvalue weighted by Crippen LogP contribution is -2.50. The topological polar surface area (TPSA) is 45.6 Å². The maximum atomic E-state index is 14.8. The molecule has 0 N–H and O–H groups in total. The highest BCUT2D eigenvalue weighted by molar-refractivity contribution is 5.98. The number of amides is 2. The van der Waals surface area contributed by atoms with Crippen LogP contribution >= 0.6 is 0 Å². The molecule has 1 fully saturated rings. The lowest BCUT2D eigenvalue weighted by molar-refractivity contribution is 0.0535. The minimum atomic E-state index is -0.737. The molecule has 0 unspecified atom stereocenters. The minimum absolute atomic E-state index is 0.141. The summed E-state index contributed by atoms with van der Waals surface area (Å²) in [6, 6.07) is 19.9. The van der Waals surface area contributed by atoms with Crippen molar-refractivity contribution in [3.63, 3.8) is 0 Å². The largest absolute Gasteiger partial charge is 0.335 e. The fourth-order valence-corrected chi connectivity index (χ4v) is 4.70. The van der Waals surface area contributed by atoms with Gasteiger partial charge < -0.3 is 14.4 Å². The molecule has 0 atom stereocenters. The quantitative estimate of drug-likeness (QED) is 0.371. The van der Waals surface area contributed by atoms with Crippen LogP contribution in [0.4, 0.5) is 13.2 Å². The third kappa shape index (κ3) is 4.74. The summed E-state index contributed by atoms with van der Waals surface area (Å²) in [5.41, 5.74) is 2.70. The summed E-state index contributed by atoms with van der Waals surface area (Å²) in [7, 11) is 0. The number of rotatable bonds is 4. The highest BCUT2D eigenvalue weighted by atomic mass is 19.1. The normalized spacial score (nSPS) is 13.6. The summed E-state index contributed by atoms with van der Waals surface area (Å²) in [5, 5.41) is 0. The van der Waals surface area contributed by atoms with Crippen LogP contribution in [0.25, 0.3) is 16.9 Å². The van der Waals surface area contributed by atoms with Gasteiger partial charge in [0.2, 0.25) is 0 Å². The first-order valence-electron chi connectivity index (χ1n) is 11.9. The number of hydrogen-bond donors (Lipinski definition) is 0. The fraction of sp³-hybridized carbons (Fsp3) is 0.172. The maximum Gasteiger partial charge on any atom is 0.255 e. The van der Waals surface area contributed by atoms with Gasteiger partial charge in [-0.1, -0.05) is 36.4 Å². The first-order valence-corrected chi connectivity index (χ1v) is 11.9. The number of piperazine rings is 1. The van der Waals surface area contributed by atoms with Crippen molar-refractivity contribution in [2.24, 2.45) is 0 Å². The Morgan fingerprint density at radius 2 is 1.35 bits per heavy atom. The van der Waals surface area contributed by atoms with Crippen LogP contribution in [0.15, 0.2) is 78.9 Å². The van der Waals surface area contributed by atoms with Gasteiger partial charge >= 0.3 is 0 Å². The van der Waals surface area contributed by atoms with Gasteiger partial charge in [0, 0.05) is 43.5 Å². The molecule has 4 aromatic rings. The van der Waals surface area contributed by atoms with Crippen molar-refractivity contribution in [2.45, 2.75) is 6.92 Å². The van der Waals surface area contributed by atoms with Crippen LogP contribution in [0.1, 0.15) is 26.4 Å². The molecule has 0 radical (unpaired) electrons. The van der Waals surface area contributed by atoms with E-state index >= 15 is 0 Å². The number of benzene rings is 3. The Kier molecular flexibility index (Phi) is 6.56. The van der Waals surface area contributed by atoms with Crippen molar-refractivity contribution < 1.29 is 22.8 Å². The lowest BCUT2D eigenvalue weighted by atomic mass is 10.1. The third-order valence-corrected chi connectivity index (χ3v) is 6.62. The Morgan fingerprint density at radius 3 is 2.00 bits per heavy atom. The molecule has 188 valence electrons. The van der Waals surface area contributed by atoms with E-state index in [4.69, 9.17) is 0 Å². The summed E-state index contributed by atoms with van der Waals surface area (Å²) >= 11 is 0. The number of hydrogen-bond acceptors (Lipinski definition) is 2. The molecular formula is C29H24F3N3O2. The smallest absolute Gasteiger partial charge is 0.255 e. The second-order valence-corrected chi connectivity index (χ2v) is 8.92. The minimum Gasteiger partial charge on any atom is -0.335 e. The Bertz CT molecular complexity index is 1480. The van der Waals surface area contributed by atoms with Crippen LogP contribution in [-0.4, -0.2) is 52.4 Å². The van der Waals surface area contributed by atoms with Crippen LogP contribution in [0.3, 0.4) is 0 Å². The van der Waals surface area contributed by atoms with Crippen molar-refractivity contribution >= 4 is 11.8 Å². The van der Waals surface area contributed by atoms with Gasteiger partial charge in [-0.05, 0) is 48.9 Å². The number of halogens is 3. The van der Waals surface area contributed by atoms with Gasteiger partial charge in [-0.3, -0.25) is 9.59 Å². The van der Waals surface area contributed by atoms with Gasteiger partial charge in [0.15, 0.2) is 0 Å². The van der Waals surface area contributed by atoms with E-state index in [9.17, 15) is 22.8 Å². The van der Waals surface area contributed by atoms with Crippen LogP contribution in [0.5, 0.6) is 0 Å². The molecule has 0 bridgehead atoms. The van der Waals surface area contributed by atoms with E-state index in [0.29, 0.717) is 43.1 Å².